The van der Waals surface area contributed by atoms with Crippen molar-refractivity contribution in [3.8, 4) is 5.75 Å². The van der Waals surface area contributed by atoms with Crippen LogP contribution in [0, 0.1) is 5.92 Å². The number of hydrogen-bond donors (Lipinski definition) is 2. The second-order valence-corrected chi connectivity index (χ2v) is 5.19. The van der Waals surface area contributed by atoms with E-state index < -0.39 is 0 Å². The smallest absolute Gasteiger partial charge is 0.257 e. The Labute approximate surface area is 135 Å². The van der Waals surface area contributed by atoms with Crippen LogP contribution in [0.2, 0.25) is 0 Å². The summed E-state index contributed by atoms with van der Waals surface area (Å²) >= 11 is 0. The van der Waals surface area contributed by atoms with Gasteiger partial charge in [-0.1, -0.05) is 25.1 Å². The van der Waals surface area contributed by atoms with Gasteiger partial charge in [0.05, 0.1) is 13.0 Å². The average Bonchev–Trinajstić information content (AvgIpc) is 2.60. The average molecular weight is 312 g/mol. The Morgan fingerprint density at radius 2 is 1.70 bits per heavy atom. The van der Waals surface area contributed by atoms with Gasteiger partial charge in [-0.2, -0.15) is 0 Å². The minimum atomic E-state index is -0.383. The van der Waals surface area contributed by atoms with E-state index in [0.29, 0.717) is 12.1 Å². The molecule has 0 saturated heterocycles. The molecule has 2 rings (SSSR count). The number of ether oxygens (including phenoxy) is 1. The topological polar surface area (TPSA) is 67.4 Å². The Bertz CT molecular complexity index is 654. The van der Waals surface area contributed by atoms with Crippen molar-refractivity contribution in [1.82, 2.24) is 5.32 Å². The highest BCUT2D eigenvalue weighted by molar-refractivity contribution is 6.05. The summed E-state index contributed by atoms with van der Waals surface area (Å²) in [6, 6.07) is 16.1. The van der Waals surface area contributed by atoms with E-state index >= 15 is 0 Å². The number of hydrogen-bond acceptors (Lipinski definition) is 4. The number of methoxy groups -OCH3 is 1. The fourth-order valence-corrected chi connectivity index (χ4v) is 1.97. The molecule has 0 aliphatic rings. The third kappa shape index (κ3) is 4.85. The second kappa shape index (κ2) is 7.98. The normalized spacial score (nSPS) is 11.4. The molecule has 0 aromatic heterocycles. The first-order chi connectivity index (χ1) is 11.1. The quantitative estimate of drug-likeness (QED) is 0.860. The predicted molar refractivity (Wildman–Crippen MR) is 89.6 cm³/mol. The van der Waals surface area contributed by atoms with Crippen LogP contribution >= 0.6 is 0 Å². The number of anilines is 1. The van der Waals surface area contributed by atoms with Gasteiger partial charge in [0, 0.05) is 17.8 Å². The summed E-state index contributed by atoms with van der Waals surface area (Å²) in [5.74, 6) is -0.258. The third-order valence-electron chi connectivity index (χ3n) is 3.42. The van der Waals surface area contributed by atoms with Crippen LogP contribution in [-0.4, -0.2) is 25.5 Å². The van der Waals surface area contributed by atoms with Crippen molar-refractivity contribution in [2.45, 2.75) is 6.92 Å². The molecule has 5 nitrogen and oxygen atoms in total. The van der Waals surface area contributed by atoms with Crippen LogP contribution in [0.5, 0.6) is 5.75 Å². The van der Waals surface area contributed by atoms with Crippen molar-refractivity contribution in [2.24, 2.45) is 5.92 Å². The molecule has 2 aromatic carbocycles. The van der Waals surface area contributed by atoms with Gasteiger partial charge in [-0.3, -0.25) is 14.9 Å². The van der Waals surface area contributed by atoms with E-state index in [1.54, 1.807) is 38.3 Å². The molecule has 0 spiro atoms. The number of amides is 2. The highest BCUT2D eigenvalue weighted by Crippen LogP contribution is 2.15. The van der Waals surface area contributed by atoms with Gasteiger partial charge in [-0.15, -0.1) is 0 Å². The van der Waals surface area contributed by atoms with Gasteiger partial charge in [0.15, 0.2) is 0 Å². The summed E-state index contributed by atoms with van der Waals surface area (Å²) in [6.45, 7) is 2.20. The number of carbonyl (C=O) groups is 2. The third-order valence-corrected chi connectivity index (χ3v) is 3.42. The van der Waals surface area contributed by atoms with Crippen LogP contribution in [0.4, 0.5) is 5.69 Å². The van der Waals surface area contributed by atoms with Crippen molar-refractivity contribution < 1.29 is 14.3 Å². The summed E-state index contributed by atoms with van der Waals surface area (Å²) < 4.78 is 5.09. The molecule has 0 heterocycles. The maximum Gasteiger partial charge on any atom is 0.257 e. The number of imide groups is 1. The Kier molecular flexibility index (Phi) is 5.74. The molecule has 0 saturated carbocycles. The molecular weight excluding hydrogens is 292 g/mol. The zero-order chi connectivity index (χ0) is 16.7. The SMILES string of the molecule is COc1ccc(NC[C@H](C)C(=O)NC(=O)c2ccccc2)cc1. The minimum absolute atomic E-state index is 0.306. The summed E-state index contributed by atoms with van der Waals surface area (Å²) in [6.07, 6.45) is 0. The lowest BCUT2D eigenvalue weighted by molar-refractivity contribution is -0.123. The first kappa shape index (κ1) is 16.5. The number of rotatable bonds is 6. The van der Waals surface area contributed by atoms with E-state index in [1.165, 1.54) is 0 Å². The summed E-state index contributed by atoms with van der Waals surface area (Å²) in [5.41, 5.74) is 1.36. The Hall–Kier alpha value is -2.82. The van der Waals surface area contributed by atoms with Gasteiger partial charge in [0.25, 0.3) is 5.91 Å². The molecule has 2 N–H and O–H groups in total. The molecule has 0 aliphatic carbocycles. The van der Waals surface area contributed by atoms with Gasteiger partial charge in [0.1, 0.15) is 5.75 Å². The standard InChI is InChI=1S/C18H20N2O3/c1-13(12-19-15-8-10-16(23-2)11-9-15)17(21)20-18(22)14-6-4-3-5-7-14/h3-11,13,19H,12H2,1-2H3,(H,20,21,22)/t13-/m0/s1. The van der Waals surface area contributed by atoms with Gasteiger partial charge in [-0.25, -0.2) is 0 Å². The maximum atomic E-state index is 12.1. The molecule has 0 unspecified atom stereocenters. The summed E-state index contributed by atoms with van der Waals surface area (Å²) in [5, 5.41) is 5.57. The van der Waals surface area contributed by atoms with Crippen molar-refractivity contribution in [1.29, 1.82) is 0 Å². The highest BCUT2D eigenvalue weighted by Gasteiger charge is 2.16. The van der Waals surface area contributed by atoms with Crippen LogP contribution in [0.25, 0.3) is 0 Å². The minimum Gasteiger partial charge on any atom is -0.497 e. The van der Waals surface area contributed by atoms with Gasteiger partial charge < -0.3 is 10.1 Å². The largest absolute Gasteiger partial charge is 0.497 e. The number of carbonyl (C=O) groups excluding carboxylic acids is 2. The van der Waals surface area contributed by atoms with E-state index in [1.807, 2.05) is 30.3 Å². The van der Waals surface area contributed by atoms with Crippen molar-refractivity contribution in [3.63, 3.8) is 0 Å². The lowest BCUT2D eigenvalue weighted by Gasteiger charge is -2.13. The lowest BCUT2D eigenvalue weighted by Crippen LogP contribution is -2.37. The van der Waals surface area contributed by atoms with Crippen LogP contribution in [0.15, 0.2) is 54.6 Å². The molecule has 120 valence electrons. The monoisotopic (exact) mass is 312 g/mol. The maximum absolute atomic E-state index is 12.1. The molecule has 0 aliphatic heterocycles. The van der Waals surface area contributed by atoms with Gasteiger partial charge in [-0.05, 0) is 36.4 Å². The van der Waals surface area contributed by atoms with Gasteiger partial charge in [0.2, 0.25) is 5.91 Å². The summed E-state index contributed by atoms with van der Waals surface area (Å²) in [7, 11) is 1.61. The highest BCUT2D eigenvalue weighted by atomic mass is 16.5. The summed E-state index contributed by atoms with van der Waals surface area (Å²) in [4.78, 5) is 24.0. The first-order valence-corrected chi connectivity index (χ1v) is 7.38. The predicted octanol–water partition coefficient (Wildman–Crippen LogP) is 2.70. The molecule has 0 radical (unpaired) electrons. The van der Waals surface area contributed by atoms with E-state index in [9.17, 15) is 9.59 Å². The first-order valence-electron chi connectivity index (χ1n) is 7.38. The number of benzene rings is 2. The van der Waals surface area contributed by atoms with Crippen LogP contribution < -0.4 is 15.4 Å². The molecule has 5 heteroatoms. The Morgan fingerprint density at radius 1 is 1.04 bits per heavy atom. The lowest BCUT2D eigenvalue weighted by atomic mass is 10.1. The molecule has 2 amide bonds. The van der Waals surface area contributed by atoms with Crippen LogP contribution in [-0.2, 0) is 4.79 Å². The number of nitrogens with one attached hydrogen (secondary N) is 2. The molecule has 2 aromatic rings. The van der Waals surface area contributed by atoms with Crippen molar-refractivity contribution in [2.75, 3.05) is 19.0 Å². The van der Waals surface area contributed by atoms with E-state index in [2.05, 4.69) is 10.6 Å². The van der Waals surface area contributed by atoms with E-state index in [0.717, 1.165) is 11.4 Å². The molecule has 0 bridgehead atoms. The fourth-order valence-electron chi connectivity index (χ4n) is 1.97. The second-order valence-electron chi connectivity index (χ2n) is 5.19. The molecular formula is C18H20N2O3. The Balaban J connectivity index is 1.83. The molecule has 1 atom stereocenters. The van der Waals surface area contributed by atoms with Crippen molar-refractivity contribution >= 4 is 17.5 Å². The van der Waals surface area contributed by atoms with E-state index in [4.69, 9.17) is 4.74 Å². The molecule has 23 heavy (non-hydrogen) atoms. The van der Waals surface area contributed by atoms with Crippen LogP contribution in [0.1, 0.15) is 17.3 Å². The fraction of sp³-hybridized carbons (Fsp3) is 0.222. The zero-order valence-corrected chi connectivity index (χ0v) is 13.2. The van der Waals surface area contributed by atoms with Crippen LogP contribution in [0.3, 0.4) is 0 Å². The van der Waals surface area contributed by atoms with Gasteiger partial charge >= 0.3 is 0 Å². The van der Waals surface area contributed by atoms with Crippen molar-refractivity contribution in [3.05, 3.63) is 60.2 Å². The van der Waals surface area contributed by atoms with E-state index in [-0.39, 0.29) is 17.7 Å². The zero-order valence-electron chi connectivity index (χ0n) is 13.2. The Morgan fingerprint density at radius 3 is 2.30 bits per heavy atom. The molecule has 0 fully saturated rings.